The average molecular weight is 445 g/mol. The fraction of sp³-hybridized carbons (Fsp3) is 0.370. The van der Waals surface area contributed by atoms with Gasteiger partial charge in [-0.1, -0.05) is 42.5 Å². The standard InChI is InChI=1S/C27H32N4O2/c1-19-25(20(2)30-29-19)14-15-26(32)31-16-6-7-21(18-31)17-28-27(33)24-12-10-23(11-13-24)22-8-4-3-5-9-22/h3-5,8-13,21H,6-7,14-18H2,1-2H3,(H,28,33)(H,29,30)/t21-/m1/s1. The molecule has 4 rings (SSSR count). The quantitative estimate of drug-likeness (QED) is 0.571. The second-order valence-electron chi connectivity index (χ2n) is 8.91. The van der Waals surface area contributed by atoms with Crippen molar-refractivity contribution >= 4 is 11.8 Å². The highest BCUT2D eigenvalue weighted by atomic mass is 16.2. The van der Waals surface area contributed by atoms with Gasteiger partial charge in [0.1, 0.15) is 0 Å². The van der Waals surface area contributed by atoms with E-state index in [2.05, 4.69) is 27.6 Å². The van der Waals surface area contributed by atoms with E-state index < -0.39 is 0 Å². The summed E-state index contributed by atoms with van der Waals surface area (Å²) >= 11 is 0. The van der Waals surface area contributed by atoms with Gasteiger partial charge in [-0.25, -0.2) is 0 Å². The zero-order valence-electron chi connectivity index (χ0n) is 19.4. The molecule has 1 fully saturated rings. The molecule has 2 amide bonds. The third-order valence-corrected chi connectivity index (χ3v) is 6.55. The molecule has 0 radical (unpaired) electrons. The number of carbonyl (C=O) groups is 2. The van der Waals surface area contributed by atoms with E-state index in [0.717, 1.165) is 47.5 Å². The second-order valence-corrected chi connectivity index (χ2v) is 8.91. The zero-order valence-corrected chi connectivity index (χ0v) is 19.4. The Morgan fingerprint density at radius 1 is 1.06 bits per heavy atom. The minimum Gasteiger partial charge on any atom is -0.352 e. The first-order chi connectivity index (χ1) is 16.0. The first kappa shape index (κ1) is 22.8. The third kappa shape index (κ3) is 5.69. The van der Waals surface area contributed by atoms with Crippen molar-refractivity contribution in [3.63, 3.8) is 0 Å². The van der Waals surface area contributed by atoms with Crippen LogP contribution in [0.5, 0.6) is 0 Å². The van der Waals surface area contributed by atoms with Crippen LogP contribution in [0.3, 0.4) is 0 Å². The number of likely N-dealkylation sites (tertiary alicyclic amines) is 1. The normalized spacial score (nSPS) is 15.9. The fourth-order valence-electron chi connectivity index (χ4n) is 4.57. The molecule has 0 unspecified atom stereocenters. The van der Waals surface area contributed by atoms with Crippen LogP contribution in [0.2, 0.25) is 0 Å². The van der Waals surface area contributed by atoms with E-state index >= 15 is 0 Å². The first-order valence-corrected chi connectivity index (χ1v) is 11.7. The summed E-state index contributed by atoms with van der Waals surface area (Å²) in [6, 6.07) is 17.8. The molecule has 1 atom stereocenters. The molecule has 2 N–H and O–H groups in total. The lowest BCUT2D eigenvalue weighted by atomic mass is 9.97. The molecule has 2 heterocycles. The zero-order chi connectivity index (χ0) is 23.2. The van der Waals surface area contributed by atoms with Gasteiger partial charge in [-0.3, -0.25) is 14.7 Å². The maximum Gasteiger partial charge on any atom is 0.251 e. The number of aromatic amines is 1. The lowest BCUT2D eigenvalue weighted by Gasteiger charge is -2.33. The predicted octanol–water partition coefficient (Wildman–Crippen LogP) is 4.29. The summed E-state index contributed by atoms with van der Waals surface area (Å²) in [7, 11) is 0. The van der Waals surface area contributed by atoms with Crippen LogP contribution in [0.4, 0.5) is 0 Å². The molecule has 1 aliphatic rings. The van der Waals surface area contributed by atoms with Gasteiger partial charge < -0.3 is 10.2 Å². The number of amides is 2. The van der Waals surface area contributed by atoms with Crippen molar-refractivity contribution in [1.82, 2.24) is 20.4 Å². The molecule has 0 bridgehead atoms. The van der Waals surface area contributed by atoms with Crippen LogP contribution in [0.1, 0.15) is 46.6 Å². The minimum atomic E-state index is -0.0658. The van der Waals surface area contributed by atoms with Gasteiger partial charge in [0, 0.05) is 37.3 Å². The monoisotopic (exact) mass is 444 g/mol. The highest BCUT2D eigenvalue weighted by molar-refractivity contribution is 5.94. The molecule has 0 saturated carbocycles. The van der Waals surface area contributed by atoms with Crippen LogP contribution >= 0.6 is 0 Å². The van der Waals surface area contributed by atoms with Gasteiger partial charge >= 0.3 is 0 Å². The second kappa shape index (κ2) is 10.5. The molecule has 6 nitrogen and oxygen atoms in total. The Morgan fingerprint density at radius 3 is 2.48 bits per heavy atom. The SMILES string of the molecule is Cc1n[nH]c(C)c1CCC(=O)N1CCC[C@H](CNC(=O)c2ccc(-c3ccccc3)cc2)C1. The van der Waals surface area contributed by atoms with Crippen molar-refractivity contribution in [3.05, 3.63) is 77.1 Å². The lowest BCUT2D eigenvalue weighted by molar-refractivity contribution is -0.132. The number of rotatable bonds is 7. The van der Waals surface area contributed by atoms with Gasteiger partial charge in [-0.15, -0.1) is 0 Å². The van der Waals surface area contributed by atoms with Crippen molar-refractivity contribution in [2.45, 2.75) is 39.5 Å². The molecule has 0 spiro atoms. The molecule has 2 aromatic carbocycles. The van der Waals surface area contributed by atoms with Gasteiger partial charge in [0.15, 0.2) is 0 Å². The minimum absolute atomic E-state index is 0.0658. The number of hydrogen-bond donors (Lipinski definition) is 2. The maximum absolute atomic E-state index is 12.8. The van der Waals surface area contributed by atoms with E-state index in [0.29, 0.717) is 31.5 Å². The fourth-order valence-corrected chi connectivity index (χ4v) is 4.57. The van der Waals surface area contributed by atoms with E-state index in [9.17, 15) is 9.59 Å². The number of piperidine rings is 1. The Balaban J connectivity index is 1.26. The van der Waals surface area contributed by atoms with Crippen LogP contribution < -0.4 is 5.32 Å². The first-order valence-electron chi connectivity index (χ1n) is 11.7. The third-order valence-electron chi connectivity index (χ3n) is 6.55. The van der Waals surface area contributed by atoms with Crippen LogP contribution in [0.25, 0.3) is 11.1 Å². The van der Waals surface area contributed by atoms with Crippen LogP contribution in [0.15, 0.2) is 54.6 Å². The molecule has 0 aliphatic carbocycles. The van der Waals surface area contributed by atoms with Crippen LogP contribution in [0, 0.1) is 19.8 Å². The molecule has 3 aromatic rings. The summed E-state index contributed by atoms with van der Waals surface area (Å²) in [5.74, 6) is 0.402. The van der Waals surface area contributed by atoms with Gasteiger partial charge in [0.25, 0.3) is 5.91 Å². The largest absolute Gasteiger partial charge is 0.352 e. The molecule has 172 valence electrons. The summed E-state index contributed by atoms with van der Waals surface area (Å²) < 4.78 is 0. The molecule has 33 heavy (non-hydrogen) atoms. The summed E-state index contributed by atoms with van der Waals surface area (Å²) in [5.41, 5.74) is 6.03. The number of nitrogens with one attached hydrogen (secondary N) is 2. The average Bonchev–Trinajstić information content (AvgIpc) is 3.18. The Kier molecular flexibility index (Phi) is 7.23. The molecular formula is C27H32N4O2. The molecular weight excluding hydrogens is 412 g/mol. The van der Waals surface area contributed by atoms with Crippen LogP contribution in [-0.2, 0) is 11.2 Å². The molecule has 6 heteroatoms. The van der Waals surface area contributed by atoms with E-state index in [4.69, 9.17) is 0 Å². The smallest absolute Gasteiger partial charge is 0.251 e. The van der Waals surface area contributed by atoms with Gasteiger partial charge in [0.2, 0.25) is 5.91 Å². The summed E-state index contributed by atoms with van der Waals surface area (Å²) in [6.07, 6.45) is 3.21. The Morgan fingerprint density at radius 2 is 1.79 bits per heavy atom. The van der Waals surface area contributed by atoms with Crippen molar-refractivity contribution < 1.29 is 9.59 Å². The van der Waals surface area contributed by atoms with Crippen LogP contribution in [-0.4, -0.2) is 46.5 Å². The van der Waals surface area contributed by atoms with E-state index in [1.165, 1.54) is 0 Å². The highest BCUT2D eigenvalue weighted by Crippen LogP contribution is 2.20. The summed E-state index contributed by atoms with van der Waals surface area (Å²) in [6.45, 7) is 6.05. The van der Waals surface area contributed by atoms with Gasteiger partial charge in [-0.2, -0.15) is 5.10 Å². The predicted molar refractivity (Wildman–Crippen MR) is 130 cm³/mol. The summed E-state index contributed by atoms with van der Waals surface area (Å²) in [4.78, 5) is 27.4. The number of hydrogen-bond acceptors (Lipinski definition) is 3. The van der Waals surface area contributed by atoms with Crippen molar-refractivity contribution in [3.8, 4) is 11.1 Å². The van der Waals surface area contributed by atoms with E-state index in [-0.39, 0.29) is 17.7 Å². The highest BCUT2D eigenvalue weighted by Gasteiger charge is 2.24. The van der Waals surface area contributed by atoms with Crippen molar-refractivity contribution in [2.24, 2.45) is 5.92 Å². The number of nitrogens with zero attached hydrogens (tertiary/aromatic N) is 2. The number of H-pyrrole nitrogens is 1. The Hall–Kier alpha value is -3.41. The number of aryl methyl sites for hydroxylation is 2. The summed E-state index contributed by atoms with van der Waals surface area (Å²) in [5, 5.41) is 10.3. The van der Waals surface area contributed by atoms with E-state index in [1.54, 1.807) is 0 Å². The number of benzene rings is 2. The van der Waals surface area contributed by atoms with Crippen molar-refractivity contribution in [1.29, 1.82) is 0 Å². The Labute approximate surface area is 195 Å². The van der Waals surface area contributed by atoms with Gasteiger partial charge in [-0.05, 0) is 67.9 Å². The number of aromatic nitrogens is 2. The topological polar surface area (TPSA) is 78.1 Å². The Bertz CT molecular complexity index is 1070. The van der Waals surface area contributed by atoms with E-state index in [1.807, 2.05) is 61.2 Å². The van der Waals surface area contributed by atoms with Gasteiger partial charge in [0.05, 0.1) is 5.69 Å². The lowest BCUT2D eigenvalue weighted by Crippen LogP contribution is -2.43. The maximum atomic E-state index is 12.8. The number of carbonyl (C=O) groups excluding carboxylic acids is 2. The van der Waals surface area contributed by atoms with Crippen molar-refractivity contribution in [2.75, 3.05) is 19.6 Å². The molecule has 1 saturated heterocycles. The molecule has 1 aliphatic heterocycles. The molecule has 1 aromatic heterocycles.